The number of hydrogen-bond donors (Lipinski definition) is 1. The largest absolute Gasteiger partial charge is 0.479 e. The van der Waals surface area contributed by atoms with Gasteiger partial charge in [-0.1, -0.05) is 11.6 Å². The number of nitrogens with one attached hydrogen (secondary N) is 1. The topological polar surface area (TPSA) is 72.5 Å². The Labute approximate surface area is 134 Å². The van der Waals surface area contributed by atoms with E-state index in [1.54, 1.807) is 6.92 Å². The number of carbonyl (C=O) groups is 1. The Hall–Kier alpha value is -0.980. The average Bonchev–Trinajstić information content (AvgIpc) is 2.27. The summed E-state index contributed by atoms with van der Waals surface area (Å²) in [6.07, 6.45) is -0.778. The first-order valence-electron chi connectivity index (χ1n) is 6.13. The molecular formula is C13H17Cl2NO4S. The van der Waals surface area contributed by atoms with Crippen molar-refractivity contribution in [2.24, 2.45) is 0 Å². The Bertz CT molecular complexity index is 638. The number of benzene rings is 1. The molecule has 0 aliphatic heterocycles. The molecule has 0 spiro atoms. The fourth-order valence-electron chi connectivity index (χ4n) is 1.44. The molecule has 0 radical (unpaired) electrons. The summed E-state index contributed by atoms with van der Waals surface area (Å²) in [6, 6.07) is 3.80. The molecular weight excluding hydrogens is 337 g/mol. The van der Waals surface area contributed by atoms with Crippen LogP contribution in [0.3, 0.4) is 0 Å². The van der Waals surface area contributed by atoms with E-state index in [4.69, 9.17) is 27.0 Å². The molecule has 1 N–H and O–H groups in total. The Morgan fingerprint density at radius 3 is 2.33 bits per heavy atom. The number of amides is 1. The highest BCUT2D eigenvalue weighted by molar-refractivity contribution is 8.13. The van der Waals surface area contributed by atoms with Gasteiger partial charge in [-0.05, 0) is 45.9 Å². The lowest BCUT2D eigenvalue weighted by molar-refractivity contribution is -0.128. The standard InChI is InChI=1S/C13H17Cl2NO4S/c1-8(12(17)16-13(2,3)4)20-11-6-5-9(7-10(11)14)21(15,18)19/h5-8H,1-4H3,(H,16,17). The van der Waals surface area contributed by atoms with Crippen molar-refractivity contribution in [3.63, 3.8) is 0 Å². The fourth-order valence-corrected chi connectivity index (χ4v) is 2.51. The van der Waals surface area contributed by atoms with Crippen LogP contribution in [0.25, 0.3) is 0 Å². The van der Waals surface area contributed by atoms with Gasteiger partial charge in [-0.15, -0.1) is 0 Å². The zero-order chi connectivity index (χ0) is 16.4. The predicted molar refractivity (Wildman–Crippen MR) is 82.5 cm³/mol. The number of hydrogen-bond acceptors (Lipinski definition) is 4. The summed E-state index contributed by atoms with van der Waals surface area (Å²) in [5, 5.41) is 2.83. The zero-order valence-corrected chi connectivity index (χ0v) is 14.4. The Morgan fingerprint density at radius 2 is 1.90 bits per heavy atom. The second-order valence-electron chi connectivity index (χ2n) is 5.53. The van der Waals surface area contributed by atoms with Gasteiger partial charge in [-0.25, -0.2) is 8.42 Å². The fraction of sp³-hybridized carbons (Fsp3) is 0.462. The summed E-state index contributed by atoms with van der Waals surface area (Å²) in [6.45, 7) is 7.13. The Balaban J connectivity index is 2.87. The van der Waals surface area contributed by atoms with E-state index in [-0.39, 0.29) is 27.1 Å². The van der Waals surface area contributed by atoms with E-state index in [1.165, 1.54) is 18.2 Å². The van der Waals surface area contributed by atoms with Crippen molar-refractivity contribution in [2.75, 3.05) is 0 Å². The number of carbonyl (C=O) groups excluding carboxylic acids is 1. The first kappa shape index (κ1) is 18.1. The van der Waals surface area contributed by atoms with Crippen molar-refractivity contribution in [1.29, 1.82) is 0 Å². The molecule has 1 unspecified atom stereocenters. The highest BCUT2D eigenvalue weighted by atomic mass is 35.7. The minimum Gasteiger partial charge on any atom is -0.479 e. The molecule has 1 aromatic carbocycles. The Morgan fingerprint density at radius 1 is 1.33 bits per heavy atom. The van der Waals surface area contributed by atoms with E-state index >= 15 is 0 Å². The molecule has 21 heavy (non-hydrogen) atoms. The van der Waals surface area contributed by atoms with Gasteiger partial charge >= 0.3 is 0 Å². The molecule has 0 aliphatic carbocycles. The minimum absolute atomic E-state index is 0.0622. The molecule has 0 aliphatic rings. The maximum atomic E-state index is 11.9. The van der Waals surface area contributed by atoms with Crippen molar-refractivity contribution in [3.05, 3.63) is 23.2 Å². The molecule has 118 valence electrons. The summed E-state index contributed by atoms with van der Waals surface area (Å²) in [7, 11) is 1.36. The lowest BCUT2D eigenvalue weighted by Gasteiger charge is -2.23. The number of rotatable bonds is 4. The van der Waals surface area contributed by atoms with Crippen molar-refractivity contribution < 1.29 is 17.9 Å². The summed E-state index contributed by atoms with van der Waals surface area (Å²) in [5.74, 6) is -0.0927. The summed E-state index contributed by atoms with van der Waals surface area (Å²) in [5.41, 5.74) is -0.380. The lowest BCUT2D eigenvalue weighted by atomic mass is 10.1. The first-order chi connectivity index (χ1) is 9.40. The van der Waals surface area contributed by atoms with Crippen LogP contribution in [0.1, 0.15) is 27.7 Å². The van der Waals surface area contributed by atoms with Gasteiger partial charge < -0.3 is 10.1 Å². The number of halogens is 2. The van der Waals surface area contributed by atoms with Crippen LogP contribution in [0.4, 0.5) is 0 Å². The quantitative estimate of drug-likeness (QED) is 0.844. The molecule has 1 amide bonds. The van der Waals surface area contributed by atoms with E-state index in [0.717, 1.165) is 0 Å². The third kappa shape index (κ3) is 5.73. The van der Waals surface area contributed by atoms with Crippen LogP contribution in [-0.2, 0) is 13.8 Å². The summed E-state index contributed by atoms with van der Waals surface area (Å²) < 4.78 is 27.8. The van der Waals surface area contributed by atoms with Crippen LogP contribution in [0.2, 0.25) is 5.02 Å². The van der Waals surface area contributed by atoms with Gasteiger partial charge in [0.1, 0.15) is 5.75 Å². The summed E-state index contributed by atoms with van der Waals surface area (Å²) in [4.78, 5) is 11.8. The molecule has 1 aromatic rings. The van der Waals surface area contributed by atoms with Crippen LogP contribution in [-0.4, -0.2) is 26.0 Å². The van der Waals surface area contributed by atoms with Gasteiger partial charge in [0.2, 0.25) is 0 Å². The van der Waals surface area contributed by atoms with Gasteiger partial charge in [0, 0.05) is 16.2 Å². The zero-order valence-electron chi connectivity index (χ0n) is 12.1. The Kier molecular flexibility index (Phi) is 5.52. The molecule has 0 saturated heterocycles. The summed E-state index contributed by atoms with van der Waals surface area (Å²) >= 11 is 5.94. The van der Waals surface area contributed by atoms with Gasteiger partial charge in [0.15, 0.2) is 6.10 Å². The smallest absolute Gasteiger partial charge is 0.261 e. The van der Waals surface area contributed by atoms with Gasteiger partial charge in [-0.2, -0.15) is 0 Å². The SMILES string of the molecule is CC(Oc1ccc(S(=O)(=O)Cl)cc1Cl)C(=O)NC(C)(C)C. The van der Waals surface area contributed by atoms with Crippen LogP contribution in [0, 0.1) is 0 Å². The second kappa shape index (κ2) is 6.42. The monoisotopic (exact) mass is 353 g/mol. The van der Waals surface area contributed by atoms with Crippen LogP contribution in [0.5, 0.6) is 5.75 Å². The maximum Gasteiger partial charge on any atom is 0.261 e. The predicted octanol–water partition coefficient (Wildman–Crippen LogP) is 2.95. The van der Waals surface area contributed by atoms with E-state index in [2.05, 4.69) is 5.32 Å². The highest BCUT2D eigenvalue weighted by Crippen LogP contribution is 2.29. The van der Waals surface area contributed by atoms with E-state index < -0.39 is 15.2 Å². The maximum absolute atomic E-state index is 11.9. The van der Waals surface area contributed by atoms with E-state index in [9.17, 15) is 13.2 Å². The molecule has 0 saturated carbocycles. The van der Waals surface area contributed by atoms with Crippen LogP contribution < -0.4 is 10.1 Å². The normalized spacial score (nSPS) is 13.6. The van der Waals surface area contributed by atoms with Crippen LogP contribution >= 0.6 is 22.3 Å². The van der Waals surface area contributed by atoms with Gasteiger partial charge in [-0.3, -0.25) is 4.79 Å². The minimum atomic E-state index is -3.86. The van der Waals surface area contributed by atoms with Gasteiger partial charge in [0.05, 0.1) is 9.92 Å². The van der Waals surface area contributed by atoms with E-state index in [1.807, 2.05) is 20.8 Å². The molecule has 1 atom stereocenters. The third-order valence-corrected chi connectivity index (χ3v) is 4.00. The molecule has 0 heterocycles. The third-order valence-electron chi connectivity index (χ3n) is 2.36. The number of ether oxygens (including phenoxy) is 1. The first-order valence-corrected chi connectivity index (χ1v) is 8.82. The molecule has 5 nitrogen and oxygen atoms in total. The molecule has 0 bridgehead atoms. The average molecular weight is 354 g/mol. The van der Waals surface area contributed by atoms with Crippen LogP contribution in [0.15, 0.2) is 23.1 Å². The van der Waals surface area contributed by atoms with Crippen molar-refractivity contribution in [1.82, 2.24) is 5.32 Å². The molecule has 0 fully saturated rings. The van der Waals surface area contributed by atoms with Crippen molar-refractivity contribution in [3.8, 4) is 5.75 Å². The van der Waals surface area contributed by atoms with Crippen molar-refractivity contribution in [2.45, 2.75) is 44.2 Å². The van der Waals surface area contributed by atoms with E-state index in [0.29, 0.717) is 0 Å². The van der Waals surface area contributed by atoms with Gasteiger partial charge in [0.25, 0.3) is 15.0 Å². The van der Waals surface area contributed by atoms with Crippen molar-refractivity contribution >= 4 is 37.2 Å². The highest BCUT2D eigenvalue weighted by Gasteiger charge is 2.22. The second-order valence-corrected chi connectivity index (χ2v) is 8.50. The molecule has 8 heteroatoms. The lowest BCUT2D eigenvalue weighted by Crippen LogP contribution is -2.46. The molecule has 1 rings (SSSR count). The molecule has 0 aromatic heterocycles.